The van der Waals surface area contributed by atoms with Crippen molar-refractivity contribution in [2.24, 2.45) is 0 Å². The van der Waals surface area contributed by atoms with Crippen LogP contribution in [-0.2, 0) is 19.6 Å². The second kappa shape index (κ2) is 9.78. The van der Waals surface area contributed by atoms with Crippen LogP contribution in [0.2, 0.25) is 0 Å². The van der Waals surface area contributed by atoms with E-state index in [4.69, 9.17) is 9.47 Å². The number of methoxy groups -OCH3 is 1. The zero-order valence-corrected chi connectivity index (χ0v) is 19.3. The first-order chi connectivity index (χ1) is 14.0. The first kappa shape index (κ1) is 24.1. The minimum Gasteiger partial charge on any atom is -0.495 e. The van der Waals surface area contributed by atoms with E-state index < -0.39 is 15.6 Å². The normalized spacial score (nSPS) is 15.1. The molecule has 30 heavy (non-hydrogen) atoms. The van der Waals surface area contributed by atoms with E-state index in [1.54, 1.807) is 33.9 Å². The Bertz CT molecular complexity index is 870. The Morgan fingerprint density at radius 3 is 2.37 bits per heavy atom. The lowest BCUT2D eigenvalue weighted by Crippen LogP contribution is -2.30. The number of ether oxygens (including phenoxy) is 2. The molecule has 0 aromatic heterocycles. The summed E-state index contributed by atoms with van der Waals surface area (Å²) in [5.41, 5.74) is -0.285. The number of sulfonamides is 1. The molecule has 1 aromatic rings. The highest BCUT2D eigenvalue weighted by atomic mass is 32.2. The summed E-state index contributed by atoms with van der Waals surface area (Å²) in [7, 11) is -0.706. The SMILES string of the molecule is COc1ccc(C(=O)N(C)CCCC(=O)OC(C)(C)C)cc1S(=O)(=O)N1CCCC1. The molecule has 0 bridgehead atoms. The van der Waals surface area contributed by atoms with Crippen molar-refractivity contribution in [2.75, 3.05) is 33.8 Å². The molecule has 2 rings (SSSR count). The average molecular weight is 441 g/mol. The first-order valence-electron chi connectivity index (χ1n) is 10.1. The van der Waals surface area contributed by atoms with Gasteiger partial charge in [-0.1, -0.05) is 0 Å². The van der Waals surface area contributed by atoms with Crippen LogP contribution in [0.5, 0.6) is 5.75 Å². The largest absolute Gasteiger partial charge is 0.495 e. The molecule has 9 heteroatoms. The van der Waals surface area contributed by atoms with Crippen LogP contribution in [-0.4, -0.2) is 68.9 Å². The number of hydrogen-bond donors (Lipinski definition) is 0. The third-order valence-electron chi connectivity index (χ3n) is 4.73. The molecule has 8 nitrogen and oxygen atoms in total. The topological polar surface area (TPSA) is 93.2 Å². The van der Waals surface area contributed by atoms with Gasteiger partial charge in [0.25, 0.3) is 5.91 Å². The molecule has 0 atom stereocenters. The molecule has 1 aliphatic heterocycles. The summed E-state index contributed by atoms with van der Waals surface area (Å²) < 4.78 is 37.9. The van der Waals surface area contributed by atoms with E-state index in [2.05, 4.69) is 0 Å². The van der Waals surface area contributed by atoms with Crippen molar-refractivity contribution in [3.63, 3.8) is 0 Å². The van der Waals surface area contributed by atoms with Crippen LogP contribution < -0.4 is 4.74 Å². The van der Waals surface area contributed by atoms with Gasteiger partial charge in [0.05, 0.1) is 7.11 Å². The number of benzene rings is 1. The molecule has 1 aromatic carbocycles. The van der Waals surface area contributed by atoms with E-state index in [-0.39, 0.29) is 34.5 Å². The molecular formula is C21H32N2O6S. The van der Waals surface area contributed by atoms with Crippen LogP contribution in [0.3, 0.4) is 0 Å². The molecular weight excluding hydrogens is 408 g/mol. The van der Waals surface area contributed by atoms with Crippen molar-refractivity contribution in [2.45, 2.75) is 57.0 Å². The summed E-state index contributed by atoms with van der Waals surface area (Å²) >= 11 is 0. The van der Waals surface area contributed by atoms with Crippen molar-refractivity contribution in [3.8, 4) is 5.75 Å². The monoisotopic (exact) mass is 440 g/mol. The molecule has 0 radical (unpaired) electrons. The first-order valence-corrected chi connectivity index (χ1v) is 11.6. The van der Waals surface area contributed by atoms with E-state index in [1.807, 2.05) is 0 Å². The Morgan fingerprint density at radius 1 is 1.17 bits per heavy atom. The van der Waals surface area contributed by atoms with Gasteiger partial charge in [0.1, 0.15) is 16.2 Å². The third kappa shape index (κ3) is 6.18. The highest BCUT2D eigenvalue weighted by Crippen LogP contribution is 2.30. The van der Waals surface area contributed by atoms with Gasteiger partial charge in [0.15, 0.2) is 0 Å². The second-order valence-electron chi connectivity index (χ2n) is 8.39. The summed E-state index contributed by atoms with van der Waals surface area (Å²) in [6.45, 7) is 6.69. The van der Waals surface area contributed by atoms with Crippen molar-refractivity contribution < 1.29 is 27.5 Å². The van der Waals surface area contributed by atoms with Crippen LogP contribution in [0.1, 0.15) is 56.8 Å². The average Bonchev–Trinajstić information content (AvgIpc) is 3.21. The van der Waals surface area contributed by atoms with Crippen molar-refractivity contribution in [3.05, 3.63) is 23.8 Å². The number of rotatable bonds is 8. The van der Waals surface area contributed by atoms with E-state index in [1.165, 1.54) is 28.4 Å². The third-order valence-corrected chi connectivity index (χ3v) is 6.65. The van der Waals surface area contributed by atoms with Crippen LogP contribution >= 0.6 is 0 Å². The molecule has 1 aliphatic rings. The lowest BCUT2D eigenvalue weighted by Gasteiger charge is -2.21. The molecule has 168 valence electrons. The highest BCUT2D eigenvalue weighted by molar-refractivity contribution is 7.89. The number of nitrogens with zero attached hydrogens (tertiary/aromatic N) is 2. The number of carbonyl (C=O) groups is 2. The van der Waals surface area contributed by atoms with Crippen molar-refractivity contribution in [1.29, 1.82) is 0 Å². The summed E-state index contributed by atoms with van der Waals surface area (Å²) in [6, 6.07) is 4.43. The Kier molecular flexibility index (Phi) is 7.87. The standard InChI is InChI=1S/C21H32N2O6S/c1-21(2,3)29-19(24)9-8-12-22(4)20(25)16-10-11-17(28-5)18(15-16)30(26,27)23-13-6-7-14-23/h10-11,15H,6-9,12-14H2,1-5H3. The van der Waals surface area contributed by atoms with Crippen LogP contribution in [0, 0.1) is 0 Å². The molecule has 0 saturated carbocycles. The van der Waals surface area contributed by atoms with Crippen molar-refractivity contribution in [1.82, 2.24) is 9.21 Å². The Labute approximate surface area is 179 Å². The predicted molar refractivity (Wildman–Crippen MR) is 113 cm³/mol. The number of amides is 1. The predicted octanol–water partition coefficient (Wildman–Crippen LogP) is 2.67. The molecule has 0 aliphatic carbocycles. The van der Waals surface area contributed by atoms with E-state index in [0.29, 0.717) is 26.1 Å². The van der Waals surface area contributed by atoms with Gasteiger partial charge in [-0.05, 0) is 58.2 Å². The molecule has 0 unspecified atom stereocenters. The summed E-state index contributed by atoms with van der Waals surface area (Å²) in [6.07, 6.45) is 2.29. The minimum atomic E-state index is -3.73. The maximum Gasteiger partial charge on any atom is 0.306 e. The molecule has 0 spiro atoms. The number of esters is 1. The summed E-state index contributed by atoms with van der Waals surface area (Å²) in [5, 5.41) is 0. The Hall–Kier alpha value is -2.13. The molecule has 1 fully saturated rings. The quantitative estimate of drug-likeness (QED) is 0.577. The molecule has 1 saturated heterocycles. The number of hydrogen-bond acceptors (Lipinski definition) is 6. The maximum absolute atomic E-state index is 13.0. The van der Waals surface area contributed by atoms with Gasteiger partial charge in [-0.2, -0.15) is 4.31 Å². The fourth-order valence-corrected chi connectivity index (χ4v) is 4.95. The lowest BCUT2D eigenvalue weighted by atomic mass is 10.1. The van der Waals surface area contributed by atoms with E-state index in [9.17, 15) is 18.0 Å². The van der Waals surface area contributed by atoms with Gasteiger partial charge >= 0.3 is 5.97 Å². The smallest absolute Gasteiger partial charge is 0.306 e. The minimum absolute atomic E-state index is 0.0000880. The fourth-order valence-electron chi connectivity index (χ4n) is 3.25. The van der Waals surface area contributed by atoms with Gasteiger partial charge < -0.3 is 14.4 Å². The Morgan fingerprint density at radius 2 is 1.80 bits per heavy atom. The van der Waals surface area contributed by atoms with E-state index in [0.717, 1.165) is 12.8 Å². The van der Waals surface area contributed by atoms with Gasteiger partial charge in [-0.15, -0.1) is 0 Å². The molecule has 1 amide bonds. The highest BCUT2D eigenvalue weighted by Gasteiger charge is 2.31. The summed E-state index contributed by atoms with van der Waals surface area (Å²) in [5.74, 6) is -0.419. The summed E-state index contributed by atoms with van der Waals surface area (Å²) in [4.78, 5) is 26.1. The van der Waals surface area contributed by atoms with Crippen LogP contribution in [0.25, 0.3) is 0 Å². The Balaban J connectivity index is 2.09. The zero-order valence-electron chi connectivity index (χ0n) is 18.4. The fraction of sp³-hybridized carbons (Fsp3) is 0.619. The number of carbonyl (C=O) groups excluding carboxylic acids is 2. The second-order valence-corrected chi connectivity index (χ2v) is 10.3. The van der Waals surface area contributed by atoms with Gasteiger partial charge in [-0.3, -0.25) is 9.59 Å². The maximum atomic E-state index is 13.0. The zero-order chi connectivity index (χ0) is 22.5. The molecule has 0 N–H and O–H groups in total. The van der Waals surface area contributed by atoms with Crippen LogP contribution in [0.15, 0.2) is 23.1 Å². The molecule has 1 heterocycles. The van der Waals surface area contributed by atoms with E-state index >= 15 is 0 Å². The van der Waals surface area contributed by atoms with Crippen molar-refractivity contribution >= 4 is 21.9 Å². The lowest BCUT2D eigenvalue weighted by molar-refractivity contribution is -0.154. The van der Waals surface area contributed by atoms with Gasteiger partial charge in [0, 0.05) is 38.7 Å². The van der Waals surface area contributed by atoms with Gasteiger partial charge in [0.2, 0.25) is 10.0 Å². The van der Waals surface area contributed by atoms with Crippen LogP contribution in [0.4, 0.5) is 0 Å². The van der Waals surface area contributed by atoms with Gasteiger partial charge in [-0.25, -0.2) is 8.42 Å².